The van der Waals surface area contributed by atoms with Crippen molar-refractivity contribution in [2.45, 2.75) is 33.6 Å². The van der Waals surface area contributed by atoms with Crippen molar-refractivity contribution < 1.29 is 4.52 Å². The van der Waals surface area contributed by atoms with Crippen LogP contribution < -0.4 is 0 Å². The Morgan fingerprint density at radius 3 is 2.67 bits per heavy atom. The smallest absolute Gasteiger partial charge is 0.136 e. The van der Waals surface area contributed by atoms with Crippen LogP contribution in [-0.4, -0.2) is 5.16 Å². The molecule has 1 atom stereocenters. The Morgan fingerprint density at radius 1 is 1.50 bits per heavy atom. The molecule has 0 spiro atoms. The lowest BCUT2D eigenvalue weighted by Crippen LogP contribution is -2.10. The zero-order chi connectivity index (χ0) is 8.97. The van der Waals surface area contributed by atoms with Crippen LogP contribution in [-0.2, 0) is 6.42 Å². The molecule has 1 heterocycles. The highest BCUT2D eigenvalue weighted by molar-refractivity contribution is 4.94. The van der Waals surface area contributed by atoms with Gasteiger partial charge in [0.2, 0.25) is 0 Å². The van der Waals surface area contributed by atoms with E-state index in [0.717, 1.165) is 24.0 Å². The second-order valence-electron chi connectivity index (χ2n) is 3.60. The third-order valence-corrected chi connectivity index (χ3v) is 2.42. The van der Waals surface area contributed by atoms with E-state index in [1.807, 2.05) is 6.07 Å². The molecular weight excluding hydrogens is 150 g/mol. The summed E-state index contributed by atoms with van der Waals surface area (Å²) in [6.07, 6.45) is 3.94. The van der Waals surface area contributed by atoms with E-state index in [0.29, 0.717) is 0 Å². The number of hydrogen-bond acceptors (Lipinski definition) is 2. The predicted molar refractivity (Wildman–Crippen MR) is 48.8 cm³/mol. The molecular formula is C10H17NO. The molecule has 1 unspecified atom stereocenters. The van der Waals surface area contributed by atoms with E-state index in [1.54, 1.807) is 6.20 Å². The van der Waals surface area contributed by atoms with Crippen molar-refractivity contribution in [1.82, 2.24) is 5.16 Å². The van der Waals surface area contributed by atoms with E-state index < -0.39 is 0 Å². The normalized spacial score (nSPS) is 13.7. The van der Waals surface area contributed by atoms with Gasteiger partial charge < -0.3 is 4.52 Å². The lowest BCUT2D eigenvalue weighted by atomic mass is 9.89. The Bertz CT molecular complexity index is 204. The molecule has 0 aliphatic heterocycles. The maximum atomic E-state index is 5.07. The van der Waals surface area contributed by atoms with Gasteiger partial charge in [0.05, 0.1) is 6.20 Å². The van der Waals surface area contributed by atoms with E-state index in [-0.39, 0.29) is 0 Å². The van der Waals surface area contributed by atoms with Crippen LogP contribution >= 0.6 is 0 Å². The number of hydrogen-bond donors (Lipinski definition) is 0. The summed E-state index contributed by atoms with van der Waals surface area (Å²) in [6.45, 7) is 6.73. The van der Waals surface area contributed by atoms with Gasteiger partial charge in [0, 0.05) is 12.5 Å². The van der Waals surface area contributed by atoms with Gasteiger partial charge in [-0.1, -0.05) is 32.3 Å². The first-order valence-corrected chi connectivity index (χ1v) is 4.63. The fraction of sp³-hybridized carbons (Fsp3) is 0.700. The third-order valence-electron chi connectivity index (χ3n) is 2.42. The molecule has 68 valence electrons. The van der Waals surface area contributed by atoms with Crippen molar-refractivity contribution in [2.24, 2.45) is 11.8 Å². The summed E-state index contributed by atoms with van der Waals surface area (Å²) in [7, 11) is 0. The summed E-state index contributed by atoms with van der Waals surface area (Å²) in [4.78, 5) is 0. The van der Waals surface area contributed by atoms with Crippen LogP contribution in [0.15, 0.2) is 16.8 Å². The molecule has 0 saturated heterocycles. The summed E-state index contributed by atoms with van der Waals surface area (Å²) >= 11 is 0. The van der Waals surface area contributed by atoms with E-state index >= 15 is 0 Å². The first-order chi connectivity index (χ1) is 5.74. The Labute approximate surface area is 74.0 Å². The van der Waals surface area contributed by atoms with Crippen LogP contribution in [0.25, 0.3) is 0 Å². The fourth-order valence-corrected chi connectivity index (χ4v) is 1.46. The minimum atomic E-state index is 0.720. The second kappa shape index (κ2) is 4.29. The van der Waals surface area contributed by atoms with E-state index in [4.69, 9.17) is 4.52 Å². The summed E-state index contributed by atoms with van der Waals surface area (Å²) in [5.74, 6) is 2.45. The summed E-state index contributed by atoms with van der Waals surface area (Å²) in [6, 6.07) is 1.95. The summed E-state index contributed by atoms with van der Waals surface area (Å²) in [5.41, 5.74) is 0. The van der Waals surface area contributed by atoms with Crippen LogP contribution in [0.1, 0.15) is 33.0 Å². The monoisotopic (exact) mass is 167 g/mol. The first kappa shape index (κ1) is 9.30. The minimum Gasteiger partial charge on any atom is -0.361 e. The number of aromatic nitrogens is 1. The highest BCUT2D eigenvalue weighted by Gasteiger charge is 2.13. The van der Waals surface area contributed by atoms with Crippen molar-refractivity contribution in [3.05, 3.63) is 18.0 Å². The molecule has 1 aromatic rings. The van der Waals surface area contributed by atoms with Crippen LogP contribution in [0.2, 0.25) is 0 Å². The highest BCUT2D eigenvalue weighted by Crippen LogP contribution is 2.19. The molecule has 0 N–H and O–H groups in total. The topological polar surface area (TPSA) is 26.0 Å². The van der Waals surface area contributed by atoms with Crippen molar-refractivity contribution in [3.8, 4) is 0 Å². The van der Waals surface area contributed by atoms with Gasteiger partial charge in [0.1, 0.15) is 5.76 Å². The van der Waals surface area contributed by atoms with Gasteiger partial charge >= 0.3 is 0 Å². The van der Waals surface area contributed by atoms with Crippen molar-refractivity contribution in [2.75, 3.05) is 0 Å². The molecule has 0 bridgehead atoms. The van der Waals surface area contributed by atoms with Crippen molar-refractivity contribution in [3.63, 3.8) is 0 Å². The first-order valence-electron chi connectivity index (χ1n) is 4.63. The van der Waals surface area contributed by atoms with Gasteiger partial charge in [-0.15, -0.1) is 0 Å². The molecule has 0 radical (unpaired) electrons. The van der Waals surface area contributed by atoms with Crippen LogP contribution in [0.3, 0.4) is 0 Å². The lowest BCUT2D eigenvalue weighted by Gasteiger charge is -2.16. The average Bonchev–Trinajstić information content (AvgIpc) is 2.51. The van der Waals surface area contributed by atoms with Crippen LogP contribution in [0.5, 0.6) is 0 Å². The number of nitrogens with zero attached hydrogens (tertiary/aromatic N) is 1. The molecule has 1 rings (SSSR count). The molecule has 1 aromatic heterocycles. The largest absolute Gasteiger partial charge is 0.361 e. The summed E-state index contributed by atoms with van der Waals surface area (Å²) in [5, 5.41) is 3.69. The molecule has 0 aromatic carbocycles. The maximum absolute atomic E-state index is 5.07. The fourth-order valence-electron chi connectivity index (χ4n) is 1.46. The van der Waals surface area contributed by atoms with Crippen molar-refractivity contribution in [1.29, 1.82) is 0 Å². The highest BCUT2D eigenvalue weighted by atomic mass is 16.5. The van der Waals surface area contributed by atoms with Crippen LogP contribution in [0.4, 0.5) is 0 Å². The van der Waals surface area contributed by atoms with Crippen LogP contribution in [0, 0.1) is 11.8 Å². The number of rotatable bonds is 4. The molecule has 0 aliphatic rings. The Hall–Kier alpha value is -0.790. The van der Waals surface area contributed by atoms with Gasteiger partial charge in [0.15, 0.2) is 0 Å². The van der Waals surface area contributed by atoms with Gasteiger partial charge in [-0.3, -0.25) is 0 Å². The van der Waals surface area contributed by atoms with Gasteiger partial charge in [-0.25, -0.2) is 0 Å². The molecule has 0 fully saturated rings. The Kier molecular flexibility index (Phi) is 3.32. The maximum Gasteiger partial charge on any atom is 0.136 e. The summed E-state index contributed by atoms with van der Waals surface area (Å²) < 4.78 is 5.07. The minimum absolute atomic E-state index is 0.720. The van der Waals surface area contributed by atoms with Crippen molar-refractivity contribution >= 4 is 0 Å². The molecule has 2 heteroatoms. The zero-order valence-electron chi connectivity index (χ0n) is 8.08. The van der Waals surface area contributed by atoms with E-state index in [1.165, 1.54) is 6.42 Å². The average molecular weight is 167 g/mol. The zero-order valence-corrected chi connectivity index (χ0v) is 8.08. The predicted octanol–water partition coefficient (Wildman–Crippen LogP) is 2.90. The molecule has 0 saturated carbocycles. The van der Waals surface area contributed by atoms with Gasteiger partial charge in [-0.2, -0.15) is 0 Å². The Balaban J connectivity index is 2.48. The quantitative estimate of drug-likeness (QED) is 0.689. The Morgan fingerprint density at radius 2 is 2.25 bits per heavy atom. The lowest BCUT2D eigenvalue weighted by molar-refractivity contribution is 0.312. The molecule has 2 nitrogen and oxygen atoms in total. The van der Waals surface area contributed by atoms with Gasteiger partial charge in [-0.05, 0) is 11.8 Å². The van der Waals surface area contributed by atoms with E-state index in [2.05, 4.69) is 25.9 Å². The van der Waals surface area contributed by atoms with Gasteiger partial charge in [0.25, 0.3) is 0 Å². The molecule has 0 aliphatic carbocycles. The SMILES string of the molecule is CCC(Cc1ccno1)C(C)C. The molecule has 0 amide bonds. The second-order valence-corrected chi connectivity index (χ2v) is 3.60. The van der Waals surface area contributed by atoms with E-state index in [9.17, 15) is 0 Å². The third kappa shape index (κ3) is 2.36. The standard InChI is InChI=1S/C10H17NO/c1-4-9(8(2)3)7-10-5-6-11-12-10/h5-6,8-9H,4,7H2,1-3H3. The molecule has 12 heavy (non-hydrogen) atoms.